The molecule has 2 rings (SSSR count). The summed E-state index contributed by atoms with van der Waals surface area (Å²) >= 11 is 0. The highest BCUT2D eigenvalue weighted by Crippen LogP contribution is 2.46. The fraction of sp³-hybridized carbons (Fsp3) is 0.533. The number of hydrogen-bond acceptors (Lipinski definition) is 6. The number of ketones is 1. The molecule has 1 aromatic heterocycles. The number of alkyl carbamates (subject to hydrolysis) is 1. The smallest absolute Gasteiger partial charge is 0.407 e. The van der Waals surface area contributed by atoms with Gasteiger partial charge in [0, 0.05) is 6.42 Å². The van der Waals surface area contributed by atoms with E-state index < -0.39 is 23.5 Å². The van der Waals surface area contributed by atoms with Gasteiger partial charge in [-0.05, 0) is 31.9 Å². The van der Waals surface area contributed by atoms with E-state index in [1.807, 2.05) is 0 Å². The molecule has 1 aliphatic rings. The number of amides is 1. The molecule has 0 bridgehead atoms. The van der Waals surface area contributed by atoms with E-state index in [0.717, 1.165) is 0 Å². The van der Waals surface area contributed by atoms with Crippen LogP contribution in [0.5, 0.6) is 0 Å². The van der Waals surface area contributed by atoms with E-state index in [2.05, 4.69) is 10.1 Å². The molecule has 7 heteroatoms. The third-order valence-corrected chi connectivity index (χ3v) is 3.88. The lowest BCUT2D eigenvalue weighted by Crippen LogP contribution is -2.49. The molecule has 1 saturated carbocycles. The molecule has 1 N–H and O–H groups in total. The lowest BCUT2D eigenvalue weighted by atomic mass is 9.76. The average Bonchev–Trinajstić information content (AvgIpc) is 3.15. The number of carbonyl (C=O) groups excluding carboxylic acids is 3. The second-order valence-corrected chi connectivity index (χ2v) is 5.05. The SMILES string of the molecule is CCOC(=O)C1(C(NC(=O)OC)c2ccco2)CCCC1=O. The van der Waals surface area contributed by atoms with Crippen molar-refractivity contribution < 1.29 is 28.3 Å². The molecule has 22 heavy (non-hydrogen) atoms. The topological polar surface area (TPSA) is 94.8 Å². The van der Waals surface area contributed by atoms with E-state index in [1.165, 1.54) is 13.4 Å². The van der Waals surface area contributed by atoms with E-state index in [-0.39, 0.29) is 18.8 Å². The Balaban J connectivity index is 2.46. The number of esters is 1. The summed E-state index contributed by atoms with van der Waals surface area (Å²) in [7, 11) is 1.21. The Bertz CT molecular complexity index is 552. The molecule has 120 valence electrons. The predicted octanol–water partition coefficient (Wildman–Crippen LogP) is 1.98. The second-order valence-electron chi connectivity index (χ2n) is 5.05. The molecule has 0 aromatic carbocycles. The molecular formula is C15H19NO6. The van der Waals surface area contributed by atoms with Gasteiger partial charge in [-0.2, -0.15) is 0 Å². The van der Waals surface area contributed by atoms with Gasteiger partial charge in [-0.15, -0.1) is 0 Å². The van der Waals surface area contributed by atoms with Crippen LogP contribution in [0.15, 0.2) is 22.8 Å². The summed E-state index contributed by atoms with van der Waals surface area (Å²) in [4.78, 5) is 36.7. The van der Waals surface area contributed by atoms with Crippen LogP contribution in [-0.2, 0) is 19.1 Å². The number of Topliss-reactive ketones (excluding diaryl/α,β-unsaturated/α-hetero) is 1. The largest absolute Gasteiger partial charge is 0.467 e. The zero-order chi connectivity index (χ0) is 16.2. The van der Waals surface area contributed by atoms with E-state index in [0.29, 0.717) is 18.6 Å². The number of methoxy groups -OCH3 is 1. The van der Waals surface area contributed by atoms with Crippen LogP contribution in [0.1, 0.15) is 38.0 Å². The molecule has 2 atom stereocenters. The maximum absolute atomic E-state index is 12.5. The molecule has 1 aliphatic carbocycles. The Morgan fingerprint density at radius 3 is 2.77 bits per heavy atom. The first-order chi connectivity index (χ1) is 10.6. The van der Waals surface area contributed by atoms with Crippen molar-refractivity contribution >= 4 is 17.8 Å². The Kier molecular flexibility index (Phi) is 4.85. The van der Waals surface area contributed by atoms with E-state index in [9.17, 15) is 14.4 Å². The monoisotopic (exact) mass is 309 g/mol. The molecular weight excluding hydrogens is 290 g/mol. The summed E-state index contributed by atoms with van der Waals surface area (Å²) in [6.07, 6.45) is 1.78. The number of carbonyl (C=O) groups is 3. The van der Waals surface area contributed by atoms with Crippen LogP contribution in [0.25, 0.3) is 0 Å². The van der Waals surface area contributed by atoms with Crippen molar-refractivity contribution in [2.24, 2.45) is 5.41 Å². The fourth-order valence-electron chi connectivity index (χ4n) is 2.86. The molecule has 1 aromatic rings. The van der Waals surface area contributed by atoms with Crippen LogP contribution in [0.2, 0.25) is 0 Å². The Hall–Kier alpha value is -2.31. The predicted molar refractivity (Wildman–Crippen MR) is 74.9 cm³/mol. The molecule has 7 nitrogen and oxygen atoms in total. The van der Waals surface area contributed by atoms with Gasteiger partial charge in [-0.25, -0.2) is 4.79 Å². The number of hydrogen-bond donors (Lipinski definition) is 1. The minimum absolute atomic E-state index is 0.150. The van der Waals surface area contributed by atoms with Crippen LogP contribution in [-0.4, -0.2) is 31.6 Å². The summed E-state index contributed by atoms with van der Waals surface area (Å²) < 4.78 is 15.0. The summed E-state index contributed by atoms with van der Waals surface area (Å²) in [6, 6.07) is 2.27. The first kappa shape index (κ1) is 16.1. The fourth-order valence-corrected chi connectivity index (χ4v) is 2.86. The van der Waals surface area contributed by atoms with Gasteiger partial charge in [0.25, 0.3) is 0 Å². The third kappa shape index (κ3) is 2.70. The van der Waals surface area contributed by atoms with E-state index in [4.69, 9.17) is 9.15 Å². The molecule has 1 heterocycles. The van der Waals surface area contributed by atoms with Gasteiger partial charge in [-0.1, -0.05) is 0 Å². The van der Waals surface area contributed by atoms with Crippen molar-refractivity contribution in [2.75, 3.05) is 13.7 Å². The normalized spacial score (nSPS) is 22.2. The molecule has 1 amide bonds. The number of nitrogens with one attached hydrogen (secondary N) is 1. The second kappa shape index (κ2) is 6.64. The minimum atomic E-state index is -1.47. The quantitative estimate of drug-likeness (QED) is 0.660. The Morgan fingerprint density at radius 1 is 1.50 bits per heavy atom. The maximum atomic E-state index is 12.5. The molecule has 1 fully saturated rings. The first-order valence-electron chi connectivity index (χ1n) is 7.14. The van der Waals surface area contributed by atoms with E-state index >= 15 is 0 Å². The van der Waals surface area contributed by atoms with Crippen LogP contribution in [0.3, 0.4) is 0 Å². The molecule has 0 spiro atoms. The Morgan fingerprint density at radius 2 is 2.27 bits per heavy atom. The van der Waals surface area contributed by atoms with Gasteiger partial charge in [-0.3, -0.25) is 9.59 Å². The molecule has 0 saturated heterocycles. The van der Waals surface area contributed by atoms with Crippen molar-refractivity contribution in [3.05, 3.63) is 24.2 Å². The minimum Gasteiger partial charge on any atom is -0.467 e. The number of rotatable bonds is 5. The van der Waals surface area contributed by atoms with Crippen LogP contribution in [0.4, 0.5) is 4.79 Å². The highest BCUT2D eigenvalue weighted by atomic mass is 16.5. The van der Waals surface area contributed by atoms with Crippen molar-refractivity contribution in [1.82, 2.24) is 5.32 Å². The van der Waals surface area contributed by atoms with Crippen molar-refractivity contribution in [2.45, 2.75) is 32.2 Å². The van der Waals surface area contributed by atoms with Gasteiger partial charge in [0.05, 0.1) is 20.0 Å². The third-order valence-electron chi connectivity index (χ3n) is 3.88. The zero-order valence-corrected chi connectivity index (χ0v) is 12.6. The average molecular weight is 309 g/mol. The summed E-state index contributed by atoms with van der Waals surface area (Å²) in [5.74, 6) is -0.590. The van der Waals surface area contributed by atoms with Crippen molar-refractivity contribution in [3.63, 3.8) is 0 Å². The summed E-state index contributed by atoms with van der Waals surface area (Å²) in [5.41, 5.74) is -1.47. The van der Waals surface area contributed by atoms with Crippen molar-refractivity contribution in [3.8, 4) is 0 Å². The lowest BCUT2D eigenvalue weighted by molar-refractivity contribution is -0.161. The number of ether oxygens (including phenoxy) is 2. The molecule has 0 aliphatic heterocycles. The first-order valence-corrected chi connectivity index (χ1v) is 7.14. The summed E-state index contributed by atoms with van der Waals surface area (Å²) in [5, 5.41) is 2.55. The van der Waals surface area contributed by atoms with Gasteiger partial charge in [0.2, 0.25) is 0 Å². The van der Waals surface area contributed by atoms with Gasteiger partial charge >= 0.3 is 12.1 Å². The van der Waals surface area contributed by atoms with Gasteiger partial charge < -0.3 is 19.2 Å². The van der Waals surface area contributed by atoms with Crippen LogP contribution >= 0.6 is 0 Å². The lowest BCUT2D eigenvalue weighted by Gasteiger charge is -2.32. The maximum Gasteiger partial charge on any atom is 0.407 e. The van der Waals surface area contributed by atoms with Crippen LogP contribution in [0, 0.1) is 5.41 Å². The van der Waals surface area contributed by atoms with Gasteiger partial charge in [0.15, 0.2) is 11.2 Å². The van der Waals surface area contributed by atoms with E-state index in [1.54, 1.807) is 19.1 Å². The highest BCUT2D eigenvalue weighted by Gasteiger charge is 2.57. The Labute approximate surface area is 127 Å². The van der Waals surface area contributed by atoms with Crippen molar-refractivity contribution in [1.29, 1.82) is 0 Å². The zero-order valence-electron chi connectivity index (χ0n) is 12.6. The standard InChI is InChI=1S/C15H19NO6/c1-3-21-13(18)15(8-4-7-11(15)17)12(16-14(19)20-2)10-6-5-9-22-10/h5-6,9,12H,3-4,7-8H2,1-2H3,(H,16,19). The van der Waals surface area contributed by atoms with Crippen LogP contribution < -0.4 is 5.32 Å². The molecule has 0 radical (unpaired) electrons. The summed E-state index contributed by atoms with van der Waals surface area (Å²) in [6.45, 7) is 1.82. The van der Waals surface area contributed by atoms with Gasteiger partial charge in [0.1, 0.15) is 11.8 Å². The highest BCUT2D eigenvalue weighted by molar-refractivity contribution is 6.06. The number of furan rings is 1. The molecule has 2 unspecified atom stereocenters.